The molecule has 2 N–H and O–H groups in total. The van der Waals surface area contributed by atoms with Crippen molar-refractivity contribution in [3.8, 4) is 0 Å². The second kappa shape index (κ2) is 8.79. The van der Waals surface area contributed by atoms with Gasteiger partial charge in [0.05, 0.1) is 25.4 Å². The number of carbonyl (C=O) groups excluding carboxylic acids is 1. The number of halogens is 1. The van der Waals surface area contributed by atoms with Gasteiger partial charge >= 0.3 is 6.03 Å². The van der Waals surface area contributed by atoms with Crippen molar-refractivity contribution in [3.63, 3.8) is 0 Å². The van der Waals surface area contributed by atoms with E-state index in [-0.39, 0.29) is 24.7 Å². The van der Waals surface area contributed by atoms with Crippen LogP contribution in [0.15, 0.2) is 12.3 Å². The number of hydrogen-bond acceptors (Lipinski definition) is 5. The molecular formula is C16H25FN4O3. The molecule has 0 spiro atoms. The van der Waals surface area contributed by atoms with E-state index < -0.39 is 5.82 Å². The van der Waals surface area contributed by atoms with Crippen molar-refractivity contribution in [1.29, 1.82) is 0 Å². The van der Waals surface area contributed by atoms with Gasteiger partial charge in [-0.25, -0.2) is 14.2 Å². The summed E-state index contributed by atoms with van der Waals surface area (Å²) in [6.07, 6.45) is 1.48. The number of pyridine rings is 1. The SMILES string of the molecule is COC(C)[C@@H](C)NC(=O)NCc1cnc(N2CCOCC2)c(F)c1. The largest absolute Gasteiger partial charge is 0.380 e. The molecule has 1 aliphatic heterocycles. The van der Waals surface area contributed by atoms with Crippen LogP contribution in [0.2, 0.25) is 0 Å². The van der Waals surface area contributed by atoms with Gasteiger partial charge < -0.3 is 25.0 Å². The highest BCUT2D eigenvalue weighted by molar-refractivity contribution is 5.74. The Bertz CT molecular complexity index is 552. The Morgan fingerprint density at radius 1 is 1.46 bits per heavy atom. The van der Waals surface area contributed by atoms with Gasteiger partial charge in [-0.05, 0) is 25.5 Å². The van der Waals surface area contributed by atoms with Crippen LogP contribution in [0.5, 0.6) is 0 Å². The number of nitrogens with zero attached hydrogens (tertiary/aromatic N) is 2. The van der Waals surface area contributed by atoms with E-state index in [1.807, 2.05) is 18.7 Å². The van der Waals surface area contributed by atoms with Crippen LogP contribution in [-0.4, -0.2) is 56.6 Å². The zero-order valence-electron chi connectivity index (χ0n) is 14.3. The van der Waals surface area contributed by atoms with Crippen LogP contribution in [0.3, 0.4) is 0 Å². The molecule has 7 nitrogen and oxygen atoms in total. The Labute approximate surface area is 141 Å². The predicted octanol–water partition coefficient (Wildman–Crippen LogP) is 1.28. The second-order valence-electron chi connectivity index (χ2n) is 5.80. The first-order valence-electron chi connectivity index (χ1n) is 8.05. The highest BCUT2D eigenvalue weighted by Gasteiger charge is 2.17. The number of carbonyl (C=O) groups is 1. The minimum Gasteiger partial charge on any atom is -0.380 e. The van der Waals surface area contributed by atoms with Crippen molar-refractivity contribution in [3.05, 3.63) is 23.6 Å². The maximum Gasteiger partial charge on any atom is 0.315 e. The molecule has 1 aliphatic rings. The van der Waals surface area contributed by atoms with Crippen LogP contribution in [0.1, 0.15) is 19.4 Å². The lowest BCUT2D eigenvalue weighted by molar-refractivity contribution is 0.0911. The highest BCUT2D eigenvalue weighted by Crippen LogP contribution is 2.18. The molecule has 0 aliphatic carbocycles. The number of aromatic nitrogens is 1. The lowest BCUT2D eigenvalue weighted by atomic mass is 10.2. The Morgan fingerprint density at radius 3 is 2.79 bits per heavy atom. The fraction of sp³-hybridized carbons (Fsp3) is 0.625. The molecule has 24 heavy (non-hydrogen) atoms. The minimum atomic E-state index is -0.391. The quantitative estimate of drug-likeness (QED) is 0.816. The molecule has 0 saturated carbocycles. The Kier molecular flexibility index (Phi) is 6.74. The first kappa shape index (κ1) is 18.4. The molecule has 1 unspecified atom stereocenters. The lowest BCUT2D eigenvalue weighted by Crippen LogP contribution is -2.45. The first-order valence-corrected chi connectivity index (χ1v) is 8.05. The number of nitrogens with one attached hydrogen (secondary N) is 2. The zero-order chi connectivity index (χ0) is 17.5. The Balaban J connectivity index is 1.87. The molecule has 1 fully saturated rings. The summed E-state index contributed by atoms with van der Waals surface area (Å²) in [4.78, 5) is 17.9. The van der Waals surface area contributed by atoms with Gasteiger partial charge in [0.15, 0.2) is 11.6 Å². The van der Waals surface area contributed by atoms with E-state index in [2.05, 4.69) is 15.6 Å². The van der Waals surface area contributed by atoms with Crippen LogP contribution >= 0.6 is 0 Å². The second-order valence-corrected chi connectivity index (χ2v) is 5.80. The molecular weight excluding hydrogens is 315 g/mol. The predicted molar refractivity (Wildman–Crippen MR) is 88.5 cm³/mol. The van der Waals surface area contributed by atoms with E-state index in [9.17, 15) is 9.18 Å². The molecule has 2 amide bonds. The number of amides is 2. The number of morpholine rings is 1. The minimum absolute atomic E-state index is 0.0948. The van der Waals surface area contributed by atoms with Gasteiger partial charge in [-0.15, -0.1) is 0 Å². The van der Waals surface area contributed by atoms with E-state index in [1.165, 1.54) is 6.07 Å². The third kappa shape index (κ3) is 5.04. The molecule has 0 radical (unpaired) electrons. The molecule has 0 bridgehead atoms. The van der Waals surface area contributed by atoms with E-state index in [0.29, 0.717) is 37.7 Å². The van der Waals surface area contributed by atoms with Gasteiger partial charge in [0.1, 0.15) is 0 Å². The van der Waals surface area contributed by atoms with Crippen molar-refractivity contribution in [2.75, 3.05) is 38.3 Å². The van der Waals surface area contributed by atoms with Gasteiger partial charge in [-0.1, -0.05) is 0 Å². The fourth-order valence-electron chi connectivity index (χ4n) is 2.34. The molecule has 2 heterocycles. The van der Waals surface area contributed by atoms with Gasteiger partial charge in [-0.3, -0.25) is 0 Å². The van der Waals surface area contributed by atoms with Gasteiger partial charge in [0.25, 0.3) is 0 Å². The number of anilines is 1. The molecule has 1 aromatic heterocycles. The van der Waals surface area contributed by atoms with Crippen molar-refractivity contribution in [2.24, 2.45) is 0 Å². The summed E-state index contributed by atoms with van der Waals surface area (Å²) < 4.78 is 24.6. The molecule has 2 atom stereocenters. The van der Waals surface area contributed by atoms with Crippen LogP contribution in [-0.2, 0) is 16.0 Å². The molecule has 0 aromatic carbocycles. The van der Waals surface area contributed by atoms with Crippen LogP contribution in [0.25, 0.3) is 0 Å². The van der Waals surface area contributed by atoms with Crippen molar-refractivity contribution < 1.29 is 18.7 Å². The summed E-state index contributed by atoms with van der Waals surface area (Å²) in [5.41, 5.74) is 0.604. The lowest BCUT2D eigenvalue weighted by Gasteiger charge is -2.28. The van der Waals surface area contributed by atoms with Gasteiger partial charge in [0, 0.05) is 32.9 Å². The number of urea groups is 1. The van der Waals surface area contributed by atoms with Gasteiger partial charge in [0.2, 0.25) is 0 Å². The Hall–Kier alpha value is -1.93. The maximum absolute atomic E-state index is 14.2. The van der Waals surface area contributed by atoms with Crippen LogP contribution < -0.4 is 15.5 Å². The van der Waals surface area contributed by atoms with Crippen LogP contribution in [0.4, 0.5) is 15.0 Å². The normalized spacial score (nSPS) is 17.2. The smallest absolute Gasteiger partial charge is 0.315 e. The monoisotopic (exact) mass is 340 g/mol. The summed E-state index contributed by atoms with van der Waals surface area (Å²) >= 11 is 0. The standard InChI is InChI=1S/C16H25FN4O3/c1-11(12(2)23-3)20-16(22)19-10-13-8-14(17)15(18-9-13)21-4-6-24-7-5-21/h8-9,11-12H,4-7,10H2,1-3H3,(H2,19,20,22)/t11-,12?/m1/s1. The third-order valence-corrected chi connectivity index (χ3v) is 4.08. The van der Waals surface area contributed by atoms with Crippen molar-refractivity contribution >= 4 is 11.8 Å². The van der Waals surface area contributed by atoms with Gasteiger partial charge in [-0.2, -0.15) is 0 Å². The average Bonchev–Trinajstić information content (AvgIpc) is 2.60. The summed E-state index contributed by atoms with van der Waals surface area (Å²) in [6, 6.07) is 0.942. The first-order chi connectivity index (χ1) is 11.5. The Morgan fingerprint density at radius 2 is 2.17 bits per heavy atom. The fourth-order valence-corrected chi connectivity index (χ4v) is 2.34. The van der Waals surface area contributed by atoms with Crippen molar-refractivity contribution in [2.45, 2.75) is 32.5 Å². The average molecular weight is 340 g/mol. The summed E-state index contributed by atoms with van der Waals surface area (Å²) in [5.74, 6) is -0.0629. The molecule has 134 valence electrons. The topological polar surface area (TPSA) is 75.7 Å². The zero-order valence-corrected chi connectivity index (χ0v) is 14.3. The van der Waals surface area contributed by atoms with Crippen molar-refractivity contribution in [1.82, 2.24) is 15.6 Å². The van der Waals surface area contributed by atoms with E-state index in [4.69, 9.17) is 9.47 Å². The molecule has 1 saturated heterocycles. The molecule has 8 heteroatoms. The molecule has 1 aromatic rings. The number of hydrogen-bond donors (Lipinski definition) is 2. The third-order valence-electron chi connectivity index (χ3n) is 4.08. The summed E-state index contributed by atoms with van der Waals surface area (Å²) in [6.45, 7) is 6.32. The highest BCUT2D eigenvalue weighted by atomic mass is 19.1. The van der Waals surface area contributed by atoms with E-state index in [0.717, 1.165) is 0 Å². The maximum atomic E-state index is 14.2. The molecule has 2 rings (SSSR count). The number of methoxy groups -OCH3 is 1. The van der Waals surface area contributed by atoms with E-state index in [1.54, 1.807) is 13.3 Å². The number of rotatable bonds is 6. The summed E-state index contributed by atoms with van der Waals surface area (Å²) in [5, 5.41) is 5.46. The summed E-state index contributed by atoms with van der Waals surface area (Å²) in [7, 11) is 1.59. The number of ether oxygens (including phenoxy) is 2. The van der Waals surface area contributed by atoms with E-state index >= 15 is 0 Å². The van der Waals surface area contributed by atoms with Crippen LogP contribution in [0, 0.1) is 5.82 Å².